The monoisotopic (exact) mass is 265 g/mol. The van der Waals surface area contributed by atoms with Gasteiger partial charge in [-0.1, -0.05) is 11.8 Å². The van der Waals surface area contributed by atoms with Crippen LogP contribution in [0.3, 0.4) is 0 Å². The summed E-state index contributed by atoms with van der Waals surface area (Å²) in [7, 11) is 1.59. The van der Waals surface area contributed by atoms with Gasteiger partial charge in [-0.2, -0.15) is 0 Å². The number of methoxy groups -OCH3 is 1. The van der Waals surface area contributed by atoms with Crippen molar-refractivity contribution in [3.05, 3.63) is 35.1 Å². The van der Waals surface area contributed by atoms with E-state index in [1.54, 1.807) is 7.11 Å². The quantitative estimate of drug-likeness (QED) is 0.615. The summed E-state index contributed by atoms with van der Waals surface area (Å²) >= 11 is 0. The molecule has 0 spiro atoms. The van der Waals surface area contributed by atoms with Crippen molar-refractivity contribution < 1.29 is 19.0 Å². The highest BCUT2D eigenvalue weighted by atomic mass is 19.1. The number of benzene rings is 1. The van der Waals surface area contributed by atoms with E-state index in [4.69, 9.17) is 9.84 Å². The first kappa shape index (κ1) is 15.2. The molecule has 0 unspecified atom stereocenters. The number of carbonyl (C=O) groups excluding carboxylic acids is 1. The highest BCUT2D eigenvalue weighted by Gasteiger charge is 2.08. The minimum Gasteiger partial charge on any atom is -0.385 e. The average Bonchev–Trinajstić information content (AvgIpc) is 2.42. The van der Waals surface area contributed by atoms with Gasteiger partial charge in [0.1, 0.15) is 12.4 Å². The summed E-state index contributed by atoms with van der Waals surface area (Å²) in [4.78, 5) is 11.7. The number of hydrogen-bond donors (Lipinski definition) is 2. The van der Waals surface area contributed by atoms with E-state index in [9.17, 15) is 9.18 Å². The molecule has 0 bridgehead atoms. The minimum atomic E-state index is -0.578. The van der Waals surface area contributed by atoms with Crippen LogP contribution in [0, 0.1) is 17.7 Å². The second-order valence-corrected chi connectivity index (χ2v) is 3.76. The van der Waals surface area contributed by atoms with Crippen LogP contribution in [0.25, 0.3) is 0 Å². The number of hydrogen-bond acceptors (Lipinski definition) is 3. The van der Waals surface area contributed by atoms with Crippen LogP contribution in [0.5, 0.6) is 0 Å². The number of aliphatic hydroxyl groups excluding tert-OH is 1. The molecule has 102 valence electrons. The normalized spacial score (nSPS) is 9.63. The molecule has 2 N–H and O–H groups in total. The van der Waals surface area contributed by atoms with Crippen molar-refractivity contribution in [1.29, 1.82) is 0 Å². The molecule has 5 heteroatoms. The van der Waals surface area contributed by atoms with Crippen LogP contribution in [0.15, 0.2) is 18.2 Å². The number of amides is 1. The summed E-state index contributed by atoms with van der Waals surface area (Å²) in [5.41, 5.74) is 0.398. The lowest BCUT2D eigenvalue weighted by molar-refractivity contribution is 0.0948. The number of aliphatic hydroxyl groups is 1. The van der Waals surface area contributed by atoms with E-state index in [0.717, 1.165) is 6.07 Å². The lowest BCUT2D eigenvalue weighted by Crippen LogP contribution is -2.25. The Hall–Kier alpha value is -1.90. The first-order chi connectivity index (χ1) is 9.19. The topological polar surface area (TPSA) is 58.6 Å². The molecule has 0 aliphatic heterocycles. The lowest BCUT2D eigenvalue weighted by Gasteiger charge is -2.05. The highest BCUT2D eigenvalue weighted by molar-refractivity contribution is 5.94. The molecule has 0 radical (unpaired) electrons. The van der Waals surface area contributed by atoms with Crippen molar-refractivity contribution in [1.82, 2.24) is 5.32 Å². The second kappa shape index (κ2) is 8.25. The van der Waals surface area contributed by atoms with Crippen LogP contribution in [-0.4, -0.2) is 37.9 Å². The molecule has 1 aromatic rings. The van der Waals surface area contributed by atoms with E-state index in [2.05, 4.69) is 17.2 Å². The van der Waals surface area contributed by atoms with Gasteiger partial charge in [-0.3, -0.25) is 4.79 Å². The maximum absolute atomic E-state index is 13.6. The maximum atomic E-state index is 13.6. The van der Waals surface area contributed by atoms with Crippen molar-refractivity contribution in [2.75, 3.05) is 26.9 Å². The fourth-order valence-corrected chi connectivity index (χ4v) is 1.41. The first-order valence-corrected chi connectivity index (χ1v) is 5.85. The van der Waals surface area contributed by atoms with Gasteiger partial charge in [0.2, 0.25) is 0 Å². The van der Waals surface area contributed by atoms with Gasteiger partial charge in [0.05, 0.1) is 5.56 Å². The molecular weight excluding hydrogens is 249 g/mol. The Morgan fingerprint density at radius 3 is 2.95 bits per heavy atom. The molecule has 0 fully saturated rings. The van der Waals surface area contributed by atoms with Crippen LogP contribution in [0.1, 0.15) is 22.3 Å². The van der Waals surface area contributed by atoms with E-state index < -0.39 is 5.82 Å². The molecule has 4 nitrogen and oxygen atoms in total. The molecule has 0 aliphatic rings. The highest BCUT2D eigenvalue weighted by Crippen LogP contribution is 2.09. The molecule has 0 aliphatic carbocycles. The van der Waals surface area contributed by atoms with Gasteiger partial charge in [0.25, 0.3) is 5.91 Å². The Morgan fingerprint density at radius 2 is 2.32 bits per heavy atom. The number of nitrogens with one attached hydrogen (secondary N) is 1. The van der Waals surface area contributed by atoms with Crippen molar-refractivity contribution in [3.63, 3.8) is 0 Å². The van der Waals surface area contributed by atoms with Crippen molar-refractivity contribution in [3.8, 4) is 11.8 Å². The van der Waals surface area contributed by atoms with Gasteiger partial charge in [-0.05, 0) is 24.6 Å². The molecular formula is C14H16FNO3. The third kappa shape index (κ3) is 5.08. The van der Waals surface area contributed by atoms with Gasteiger partial charge in [-0.15, -0.1) is 0 Å². The largest absolute Gasteiger partial charge is 0.385 e. The Bertz CT molecular complexity index is 491. The SMILES string of the molecule is COCCCNC(=O)c1ccc(C#CCO)c(F)c1. The molecule has 0 heterocycles. The molecule has 0 atom stereocenters. The molecule has 1 rings (SSSR count). The second-order valence-electron chi connectivity index (χ2n) is 3.76. The number of halogens is 1. The summed E-state index contributed by atoms with van der Waals surface area (Å²) in [6.07, 6.45) is 0.699. The fraction of sp³-hybridized carbons (Fsp3) is 0.357. The van der Waals surface area contributed by atoms with E-state index in [1.165, 1.54) is 12.1 Å². The standard InChI is InChI=1S/C14H16FNO3/c1-19-9-3-7-16-14(18)12-6-5-11(4-2-8-17)13(15)10-12/h5-6,10,17H,3,7-9H2,1H3,(H,16,18). The molecule has 0 saturated carbocycles. The van der Waals surface area contributed by atoms with E-state index in [0.29, 0.717) is 19.6 Å². The van der Waals surface area contributed by atoms with Crippen molar-refractivity contribution in [2.24, 2.45) is 0 Å². The zero-order valence-corrected chi connectivity index (χ0v) is 10.7. The van der Waals surface area contributed by atoms with Gasteiger partial charge in [-0.25, -0.2) is 4.39 Å². The Labute approximate surface area is 111 Å². The van der Waals surface area contributed by atoms with Gasteiger partial charge < -0.3 is 15.2 Å². The number of ether oxygens (including phenoxy) is 1. The molecule has 1 amide bonds. The number of rotatable bonds is 5. The molecule has 19 heavy (non-hydrogen) atoms. The van der Waals surface area contributed by atoms with Gasteiger partial charge in [0, 0.05) is 25.8 Å². The summed E-state index contributed by atoms with van der Waals surface area (Å²) in [6.45, 7) is 0.700. The van der Waals surface area contributed by atoms with Crippen molar-refractivity contribution in [2.45, 2.75) is 6.42 Å². The van der Waals surface area contributed by atoms with Gasteiger partial charge >= 0.3 is 0 Å². The van der Waals surface area contributed by atoms with Crippen LogP contribution in [0.2, 0.25) is 0 Å². The molecule has 1 aromatic carbocycles. The predicted molar refractivity (Wildman–Crippen MR) is 69.2 cm³/mol. The van der Waals surface area contributed by atoms with Crippen LogP contribution < -0.4 is 5.32 Å². The molecule has 0 aromatic heterocycles. The minimum absolute atomic E-state index is 0.157. The van der Waals surface area contributed by atoms with Gasteiger partial charge in [0.15, 0.2) is 0 Å². The Morgan fingerprint density at radius 1 is 1.53 bits per heavy atom. The predicted octanol–water partition coefficient (Wildman–Crippen LogP) is 0.936. The Kier molecular flexibility index (Phi) is 6.58. The third-order valence-electron chi connectivity index (χ3n) is 2.34. The summed E-state index contributed by atoms with van der Waals surface area (Å²) in [6, 6.07) is 4.05. The maximum Gasteiger partial charge on any atom is 0.251 e. The smallest absolute Gasteiger partial charge is 0.251 e. The molecule has 0 saturated heterocycles. The van der Waals surface area contributed by atoms with E-state index in [-0.39, 0.29) is 23.6 Å². The number of carbonyl (C=O) groups is 1. The van der Waals surface area contributed by atoms with Crippen LogP contribution in [0.4, 0.5) is 4.39 Å². The fourth-order valence-electron chi connectivity index (χ4n) is 1.41. The third-order valence-corrected chi connectivity index (χ3v) is 2.34. The van der Waals surface area contributed by atoms with Crippen LogP contribution >= 0.6 is 0 Å². The summed E-state index contributed by atoms with van der Waals surface area (Å²) in [5, 5.41) is 11.2. The zero-order chi connectivity index (χ0) is 14.1. The van der Waals surface area contributed by atoms with E-state index >= 15 is 0 Å². The first-order valence-electron chi connectivity index (χ1n) is 5.85. The van der Waals surface area contributed by atoms with Crippen LogP contribution in [-0.2, 0) is 4.74 Å². The van der Waals surface area contributed by atoms with Crippen molar-refractivity contribution >= 4 is 5.91 Å². The summed E-state index contributed by atoms with van der Waals surface area (Å²) < 4.78 is 18.4. The average molecular weight is 265 g/mol. The zero-order valence-electron chi connectivity index (χ0n) is 10.7. The van der Waals surface area contributed by atoms with E-state index in [1.807, 2.05) is 0 Å². The summed E-state index contributed by atoms with van der Waals surface area (Å²) in [5.74, 6) is 3.90. The Balaban J connectivity index is 2.64. The lowest BCUT2D eigenvalue weighted by atomic mass is 10.1.